The SMILES string of the molecule is COC(=O)/C(C)=C/CN1CCC[C@H]1c1ccc(OC)cc1. The summed E-state index contributed by atoms with van der Waals surface area (Å²) in [6.45, 7) is 3.63. The van der Waals surface area contributed by atoms with Crippen LogP contribution in [0.25, 0.3) is 0 Å². The van der Waals surface area contributed by atoms with Gasteiger partial charge in [0, 0.05) is 18.2 Å². The van der Waals surface area contributed by atoms with Gasteiger partial charge in [0.15, 0.2) is 0 Å². The Hall–Kier alpha value is -1.81. The number of carbonyl (C=O) groups is 1. The van der Waals surface area contributed by atoms with Crippen molar-refractivity contribution in [1.29, 1.82) is 0 Å². The van der Waals surface area contributed by atoms with E-state index in [1.54, 1.807) is 14.0 Å². The quantitative estimate of drug-likeness (QED) is 0.617. The van der Waals surface area contributed by atoms with Crippen LogP contribution in [0.15, 0.2) is 35.9 Å². The average Bonchev–Trinajstić information content (AvgIpc) is 3.00. The molecule has 1 fully saturated rings. The smallest absolute Gasteiger partial charge is 0.333 e. The third kappa shape index (κ3) is 3.85. The third-order valence-corrected chi connectivity index (χ3v) is 4.00. The van der Waals surface area contributed by atoms with E-state index in [1.807, 2.05) is 18.2 Å². The molecule has 1 atom stereocenters. The Morgan fingerprint density at radius 1 is 1.33 bits per heavy atom. The molecular weight excluding hydrogens is 266 g/mol. The van der Waals surface area contributed by atoms with E-state index in [0.29, 0.717) is 11.6 Å². The van der Waals surface area contributed by atoms with Crippen LogP contribution in [-0.2, 0) is 9.53 Å². The van der Waals surface area contributed by atoms with Crippen LogP contribution in [0.2, 0.25) is 0 Å². The fourth-order valence-electron chi connectivity index (χ4n) is 2.75. The average molecular weight is 289 g/mol. The highest BCUT2D eigenvalue weighted by Crippen LogP contribution is 2.32. The molecule has 1 saturated heterocycles. The second-order valence-electron chi connectivity index (χ2n) is 5.30. The van der Waals surface area contributed by atoms with Crippen LogP contribution in [0.5, 0.6) is 5.75 Å². The molecule has 21 heavy (non-hydrogen) atoms. The lowest BCUT2D eigenvalue weighted by Gasteiger charge is -2.23. The summed E-state index contributed by atoms with van der Waals surface area (Å²) in [7, 11) is 3.09. The van der Waals surface area contributed by atoms with E-state index in [9.17, 15) is 4.79 Å². The van der Waals surface area contributed by atoms with E-state index in [1.165, 1.54) is 19.1 Å². The minimum absolute atomic E-state index is 0.254. The summed E-state index contributed by atoms with van der Waals surface area (Å²) in [6.07, 6.45) is 4.28. The monoisotopic (exact) mass is 289 g/mol. The van der Waals surface area contributed by atoms with Crippen LogP contribution in [0.1, 0.15) is 31.4 Å². The Labute approximate surface area is 126 Å². The zero-order chi connectivity index (χ0) is 15.2. The van der Waals surface area contributed by atoms with E-state index in [4.69, 9.17) is 9.47 Å². The summed E-state index contributed by atoms with van der Waals surface area (Å²) in [5.74, 6) is 0.625. The lowest BCUT2D eigenvalue weighted by atomic mass is 10.0. The molecule has 0 aliphatic carbocycles. The van der Waals surface area contributed by atoms with Gasteiger partial charge >= 0.3 is 5.97 Å². The minimum Gasteiger partial charge on any atom is -0.497 e. The molecule has 1 heterocycles. The number of nitrogens with zero attached hydrogens (tertiary/aromatic N) is 1. The normalized spacial score (nSPS) is 19.6. The van der Waals surface area contributed by atoms with Gasteiger partial charge in [-0.3, -0.25) is 4.90 Å². The lowest BCUT2D eigenvalue weighted by Crippen LogP contribution is -2.24. The zero-order valence-corrected chi connectivity index (χ0v) is 13.0. The number of ether oxygens (including phenoxy) is 2. The van der Waals surface area contributed by atoms with Gasteiger partial charge in [0.05, 0.1) is 14.2 Å². The van der Waals surface area contributed by atoms with Gasteiger partial charge in [-0.15, -0.1) is 0 Å². The maximum absolute atomic E-state index is 11.4. The molecule has 1 aliphatic heterocycles. The van der Waals surface area contributed by atoms with Crippen molar-refractivity contribution in [3.05, 3.63) is 41.5 Å². The first-order chi connectivity index (χ1) is 10.2. The number of rotatable bonds is 5. The first-order valence-corrected chi connectivity index (χ1v) is 7.28. The highest BCUT2D eigenvalue weighted by Gasteiger charge is 2.25. The van der Waals surface area contributed by atoms with Gasteiger partial charge in [-0.05, 0) is 44.0 Å². The van der Waals surface area contributed by atoms with Crippen molar-refractivity contribution in [3.8, 4) is 5.75 Å². The molecule has 0 radical (unpaired) electrons. The number of esters is 1. The summed E-state index contributed by atoms with van der Waals surface area (Å²) in [5, 5.41) is 0. The van der Waals surface area contributed by atoms with Gasteiger partial charge in [0.1, 0.15) is 5.75 Å². The van der Waals surface area contributed by atoms with Gasteiger partial charge < -0.3 is 9.47 Å². The van der Waals surface area contributed by atoms with Crippen molar-refractivity contribution in [1.82, 2.24) is 4.90 Å². The number of likely N-dealkylation sites (tertiary alicyclic amines) is 1. The second-order valence-corrected chi connectivity index (χ2v) is 5.30. The number of methoxy groups -OCH3 is 2. The fraction of sp³-hybridized carbons (Fsp3) is 0.471. The van der Waals surface area contributed by atoms with Gasteiger partial charge in [-0.1, -0.05) is 18.2 Å². The Morgan fingerprint density at radius 3 is 2.67 bits per heavy atom. The van der Waals surface area contributed by atoms with Gasteiger partial charge in [0.25, 0.3) is 0 Å². The number of carbonyl (C=O) groups excluding carboxylic acids is 1. The predicted octanol–water partition coefficient (Wildman–Crippen LogP) is 2.95. The Balaban J connectivity index is 2.04. The van der Waals surface area contributed by atoms with E-state index in [2.05, 4.69) is 17.0 Å². The Bertz CT molecular complexity index is 507. The molecule has 0 amide bonds. The third-order valence-electron chi connectivity index (χ3n) is 4.00. The molecule has 114 valence electrons. The molecule has 1 aromatic carbocycles. The van der Waals surface area contributed by atoms with Crippen molar-refractivity contribution < 1.29 is 14.3 Å². The van der Waals surface area contributed by atoms with Crippen LogP contribution in [-0.4, -0.2) is 38.2 Å². The number of hydrogen-bond donors (Lipinski definition) is 0. The topological polar surface area (TPSA) is 38.8 Å². The molecule has 4 nitrogen and oxygen atoms in total. The standard InChI is InChI=1S/C17H23NO3/c1-13(17(19)21-3)10-12-18-11-4-5-16(18)14-6-8-15(20-2)9-7-14/h6-10,16H,4-5,11-12H2,1-3H3/b13-10+/t16-/m0/s1. The molecule has 4 heteroatoms. The number of benzene rings is 1. The minimum atomic E-state index is -0.254. The summed E-state index contributed by atoms with van der Waals surface area (Å²) in [4.78, 5) is 13.8. The predicted molar refractivity (Wildman–Crippen MR) is 82.3 cm³/mol. The molecule has 2 rings (SSSR count). The summed E-state index contributed by atoms with van der Waals surface area (Å²) >= 11 is 0. The van der Waals surface area contributed by atoms with Crippen LogP contribution in [0.4, 0.5) is 0 Å². The first kappa shape index (κ1) is 15.6. The zero-order valence-electron chi connectivity index (χ0n) is 13.0. The maximum atomic E-state index is 11.4. The van der Waals surface area contributed by atoms with Crippen LogP contribution in [0.3, 0.4) is 0 Å². The second kappa shape index (κ2) is 7.27. The van der Waals surface area contributed by atoms with Crippen LogP contribution in [0, 0.1) is 0 Å². The summed E-state index contributed by atoms with van der Waals surface area (Å²) < 4.78 is 9.93. The molecule has 1 aromatic rings. The largest absolute Gasteiger partial charge is 0.497 e. The molecule has 0 bridgehead atoms. The van der Waals surface area contributed by atoms with Crippen molar-refractivity contribution in [2.75, 3.05) is 27.3 Å². The van der Waals surface area contributed by atoms with Gasteiger partial charge in [-0.25, -0.2) is 4.79 Å². The van der Waals surface area contributed by atoms with E-state index >= 15 is 0 Å². The highest BCUT2D eigenvalue weighted by atomic mass is 16.5. The van der Waals surface area contributed by atoms with Gasteiger partial charge in [-0.2, -0.15) is 0 Å². The Morgan fingerprint density at radius 2 is 2.05 bits per heavy atom. The van der Waals surface area contributed by atoms with Crippen molar-refractivity contribution in [3.63, 3.8) is 0 Å². The number of hydrogen-bond acceptors (Lipinski definition) is 4. The molecule has 0 spiro atoms. The van der Waals surface area contributed by atoms with E-state index in [-0.39, 0.29) is 5.97 Å². The fourth-order valence-corrected chi connectivity index (χ4v) is 2.75. The van der Waals surface area contributed by atoms with Crippen molar-refractivity contribution >= 4 is 5.97 Å². The van der Waals surface area contributed by atoms with Gasteiger partial charge in [0.2, 0.25) is 0 Å². The van der Waals surface area contributed by atoms with Crippen molar-refractivity contribution in [2.24, 2.45) is 0 Å². The molecule has 0 unspecified atom stereocenters. The molecule has 0 N–H and O–H groups in total. The highest BCUT2D eigenvalue weighted by molar-refractivity contribution is 5.87. The van der Waals surface area contributed by atoms with Crippen molar-refractivity contribution in [2.45, 2.75) is 25.8 Å². The molecular formula is C17H23NO3. The maximum Gasteiger partial charge on any atom is 0.333 e. The molecule has 0 saturated carbocycles. The molecule has 0 aromatic heterocycles. The lowest BCUT2D eigenvalue weighted by molar-refractivity contribution is -0.136. The van der Waals surface area contributed by atoms with Crippen LogP contribution >= 0.6 is 0 Å². The Kier molecular flexibility index (Phi) is 5.39. The van der Waals surface area contributed by atoms with E-state index < -0.39 is 0 Å². The first-order valence-electron chi connectivity index (χ1n) is 7.28. The van der Waals surface area contributed by atoms with E-state index in [0.717, 1.165) is 25.3 Å². The summed E-state index contributed by atoms with van der Waals surface area (Å²) in [5.41, 5.74) is 1.97. The van der Waals surface area contributed by atoms with Crippen LogP contribution < -0.4 is 4.74 Å². The molecule has 1 aliphatic rings. The summed E-state index contributed by atoms with van der Waals surface area (Å²) in [6, 6.07) is 8.66.